The topological polar surface area (TPSA) is 57.0 Å². The second-order valence-corrected chi connectivity index (χ2v) is 2.77. The summed E-state index contributed by atoms with van der Waals surface area (Å²) in [5.41, 5.74) is 0. The summed E-state index contributed by atoms with van der Waals surface area (Å²) in [5, 5.41) is 3.97. The van der Waals surface area contributed by atoms with Crippen molar-refractivity contribution in [1.82, 2.24) is 14.8 Å². The summed E-state index contributed by atoms with van der Waals surface area (Å²) in [6.45, 7) is 0. The third kappa shape index (κ3) is 1.17. The van der Waals surface area contributed by atoms with E-state index in [1.165, 1.54) is 7.11 Å². The van der Waals surface area contributed by atoms with E-state index < -0.39 is 5.97 Å². The molecule has 5 nitrogen and oxygen atoms in total. The molecule has 0 unspecified atom stereocenters. The standard InChI is InChI=1S/C7H9N3O2/c1-12-7(11)6-8-4-10(9-6)5-2-3-5/h4-5H,2-3H2,1H3. The Balaban J connectivity index is 2.17. The molecule has 2 rings (SSSR count). The Bertz CT molecular complexity index is 303. The molecule has 1 aromatic rings. The highest BCUT2D eigenvalue weighted by Crippen LogP contribution is 2.33. The zero-order valence-corrected chi connectivity index (χ0v) is 6.73. The van der Waals surface area contributed by atoms with Gasteiger partial charge in [0.2, 0.25) is 0 Å². The van der Waals surface area contributed by atoms with E-state index in [4.69, 9.17) is 0 Å². The summed E-state index contributed by atoms with van der Waals surface area (Å²) in [5.74, 6) is -0.334. The lowest BCUT2D eigenvalue weighted by Gasteiger charge is -1.92. The van der Waals surface area contributed by atoms with Crippen molar-refractivity contribution in [3.63, 3.8) is 0 Å². The first kappa shape index (κ1) is 7.27. The van der Waals surface area contributed by atoms with Crippen molar-refractivity contribution in [1.29, 1.82) is 0 Å². The van der Waals surface area contributed by atoms with Crippen molar-refractivity contribution in [2.75, 3.05) is 7.11 Å². The van der Waals surface area contributed by atoms with Gasteiger partial charge in [0.1, 0.15) is 6.33 Å². The van der Waals surface area contributed by atoms with Gasteiger partial charge >= 0.3 is 5.97 Å². The number of carbonyl (C=O) groups is 1. The van der Waals surface area contributed by atoms with Gasteiger partial charge in [-0.2, -0.15) is 0 Å². The van der Waals surface area contributed by atoms with Gasteiger partial charge in [0.15, 0.2) is 0 Å². The van der Waals surface area contributed by atoms with Crippen LogP contribution in [0.15, 0.2) is 6.33 Å². The van der Waals surface area contributed by atoms with Crippen LogP contribution in [0.5, 0.6) is 0 Å². The smallest absolute Gasteiger partial charge is 0.377 e. The number of ether oxygens (including phenoxy) is 1. The van der Waals surface area contributed by atoms with Gasteiger partial charge in [-0.3, -0.25) is 0 Å². The molecule has 0 aromatic carbocycles. The highest BCUT2D eigenvalue weighted by atomic mass is 16.5. The van der Waals surface area contributed by atoms with Crippen molar-refractivity contribution in [3.8, 4) is 0 Å². The van der Waals surface area contributed by atoms with E-state index in [0.717, 1.165) is 12.8 Å². The Morgan fingerprint density at radius 3 is 3.08 bits per heavy atom. The zero-order chi connectivity index (χ0) is 8.55. The maximum atomic E-state index is 10.9. The van der Waals surface area contributed by atoms with Gasteiger partial charge in [-0.25, -0.2) is 14.5 Å². The number of esters is 1. The van der Waals surface area contributed by atoms with Gasteiger partial charge in [0, 0.05) is 0 Å². The Morgan fingerprint density at radius 2 is 2.50 bits per heavy atom. The van der Waals surface area contributed by atoms with Crippen LogP contribution in [0.2, 0.25) is 0 Å². The van der Waals surface area contributed by atoms with Gasteiger partial charge in [-0.15, -0.1) is 5.10 Å². The summed E-state index contributed by atoms with van der Waals surface area (Å²) >= 11 is 0. The van der Waals surface area contributed by atoms with E-state index in [1.807, 2.05) is 0 Å². The van der Waals surface area contributed by atoms with E-state index in [-0.39, 0.29) is 5.82 Å². The lowest BCUT2D eigenvalue weighted by atomic mass is 10.6. The fourth-order valence-electron chi connectivity index (χ4n) is 0.975. The van der Waals surface area contributed by atoms with Crippen LogP contribution in [0.4, 0.5) is 0 Å². The van der Waals surface area contributed by atoms with Gasteiger partial charge < -0.3 is 4.74 Å². The molecule has 0 spiro atoms. The molecule has 1 aromatic heterocycles. The molecule has 1 saturated carbocycles. The van der Waals surface area contributed by atoms with Gasteiger partial charge in [-0.05, 0) is 12.8 Å². The average molecular weight is 167 g/mol. The monoisotopic (exact) mass is 167 g/mol. The average Bonchev–Trinajstić information content (AvgIpc) is 2.83. The summed E-state index contributed by atoms with van der Waals surface area (Å²) in [7, 11) is 1.32. The van der Waals surface area contributed by atoms with Crippen LogP contribution >= 0.6 is 0 Å². The molecular weight excluding hydrogens is 158 g/mol. The minimum atomic E-state index is -0.477. The summed E-state index contributed by atoms with van der Waals surface area (Å²) in [6, 6.07) is 0.455. The lowest BCUT2D eigenvalue weighted by Crippen LogP contribution is -2.05. The number of nitrogens with zero attached hydrogens (tertiary/aromatic N) is 3. The molecule has 0 bridgehead atoms. The van der Waals surface area contributed by atoms with E-state index in [1.54, 1.807) is 11.0 Å². The van der Waals surface area contributed by atoms with Crippen LogP contribution in [0.3, 0.4) is 0 Å². The highest BCUT2D eigenvalue weighted by molar-refractivity contribution is 5.84. The number of hydrogen-bond acceptors (Lipinski definition) is 4. The second-order valence-electron chi connectivity index (χ2n) is 2.77. The van der Waals surface area contributed by atoms with Crippen LogP contribution in [-0.4, -0.2) is 27.8 Å². The third-order valence-corrected chi connectivity index (χ3v) is 1.80. The molecule has 0 aliphatic heterocycles. The molecule has 5 heteroatoms. The molecule has 1 aliphatic rings. The van der Waals surface area contributed by atoms with E-state index in [0.29, 0.717) is 6.04 Å². The largest absolute Gasteiger partial charge is 0.463 e. The van der Waals surface area contributed by atoms with Crippen molar-refractivity contribution < 1.29 is 9.53 Å². The Hall–Kier alpha value is -1.39. The Labute approximate surface area is 69.4 Å². The van der Waals surface area contributed by atoms with Crippen LogP contribution in [0.25, 0.3) is 0 Å². The first-order valence-corrected chi connectivity index (χ1v) is 3.80. The SMILES string of the molecule is COC(=O)c1ncn(C2CC2)n1. The zero-order valence-electron chi connectivity index (χ0n) is 6.73. The summed E-state index contributed by atoms with van der Waals surface area (Å²) in [4.78, 5) is 14.7. The van der Waals surface area contributed by atoms with Crippen LogP contribution in [0.1, 0.15) is 29.5 Å². The van der Waals surface area contributed by atoms with Gasteiger partial charge in [0.05, 0.1) is 13.2 Å². The van der Waals surface area contributed by atoms with E-state index in [9.17, 15) is 4.79 Å². The molecule has 0 radical (unpaired) electrons. The van der Waals surface area contributed by atoms with Gasteiger partial charge in [0.25, 0.3) is 5.82 Å². The second kappa shape index (κ2) is 2.58. The fourth-order valence-corrected chi connectivity index (χ4v) is 0.975. The number of methoxy groups -OCH3 is 1. The number of aromatic nitrogens is 3. The predicted octanol–water partition coefficient (Wildman–Crippen LogP) is 0.400. The fraction of sp³-hybridized carbons (Fsp3) is 0.571. The lowest BCUT2D eigenvalue weighted by molar-refractivity contribution is 0.0586. The molecule has 1 fully saturated rings. The molecule has 12 heavy (non-hydrogen) atoms. The van der Waals surface area contributed by atoms with Crippen molar-refractivity contribution in [2.45, 2.75) is 18.9 Å². The first-order chi connectivity index (χ1) is 5.81. The maximum absolute atomic E-state index is 10.9. The van der Waals surface area contributed by atoms with Gasteiger partial charge in [-0.1, -0.05) is 0 Å². The molecule has 0 saturated heterocycles. The highest BCUT2D eigenvalue weighted by Gasteiger charge is 2.25. The Kier molecular flexibility index (Phi) is 1.56. The van der Waals surface area contributed by atoms with E-state index >= 15 is 0 Å². The summed E-state index contributed by atoms with van der Waals surface area (Å²) in [6.07, 6.45) is 3.83. The third-order valence-electron chi connectivity index (χ3n) is 1.80. The maximum Gasteiger partial charge on any atom is 0.377 e. The minimum absolute atomic E-state index is 0.143. The molecule has 1 aliphatic carbocycles. The summed E-state index contributed by atoms with van der Waals surface area (Å²) < 4.78 is 6.19. The molecule has 0 N–H and O–H groups in total. The van der Waals surface area contributed by atoms with Crippen LogP contribution < -0.4 is 0 Å². The first-order valence-electron chi connectivity index (χ1n) is 3.80. The number of carbonyl (C=O) groups excluding carboxylic acids is 1. The Morgan fingerprint density at radius 1 is 1.75 bits per heavy atom. The van der Waals surface area contributed by atoms with Crippen LogP contribution in [-0.2, 0) is 4.74 Å². The molecule has 64 valence electrons. The number of rotatable bonds is 2. The quantitative estimate of drug-likeness (QED) is 0.598. The normalized spacial score (nSPS) is 16.1. The van der Waals surface area contributed by atoms with Crippen molar-refractivity contribution in [2.24, 2.45) is 0 Å². The minimum Gasteiger partial charge on any atom is -0.463 e. The van der Waals surface area contributed by atoms with Crippen molar-refractivity contribution >= 4 is 5.97 Å². The van der Waals surface area contributed by atoms with Crippen LogP contribution in [0, 0.1) is 0 Å². The molecule has 0 atom stereocenters. The predicted molar refractivity (Wildman–Crippen MR) is 39.6 cm³/mol. The number of hydrogen-bond donors (Lipinski definition) is 0. The molecule has 1 heterocycles. The molecule has 0 amide bonds. The van der Waals surface area contributed by atoms with Crippen molar-refractivity contribution in [3.05, 3.63) is 12.2 Å². The van der Waals surface area contributed by atoms with E-state index in [2.05, 4.69) is 14.8 Å². The molecular formula is C7H9N3O2.